The molecule has 0 unspecified atom stereocenters. The summed E-state index contributed by atoms with van der Waals surface area (Å²) < 4.78 is 1.23. The molecule has 2 aromatic rings. The van der Waals surface area contributed by atoms with Gasteiger partial charge in [-0.05, 0) is 35.8 Å². The van der Waals surface area contributed by atoms with Crippen LogP contribution in [0, 0.1) is 0 Å². The zero-order valence-corrected chi connectivity index (χ0v) is 13.9. The van der Waals surface area contributed by atoms with E-state index >= 15 is 0 Å². The van der Waals surface area contributed by atoms with Gasteiger partial charge in [0.05, 0.1) is 15.7 Å². The van der Waals surface area contributed by atoms with Gasteiger partial charge in [0.1, 0.15) is 6.33 Å². The van der Waals surface area contributed by atoms with Crippen LogP contribution in [0.5, 0.6) is 0 Å². The summed E-state index contributed by atoms with van der Waals surface area (Å²) in [6.45, 7) is 0. The predicted molar refractivity (Wildman–Crippen MR) is 95.4 cm³/mol. The first-order chi connectivity index (χ1) is 11.6. The van der Waals surface area contributed by atoms with Gasteiger partial charge in [-0.15, -0.1) is 0 Å². The molecule has 122 valence electrons. The van der Waals surface area contributed by atoms with Crippen molar-refractivity contribution in [3.8, 4) is 5.69 Å². The van der Waals surface area contributed by atoms with Crippen molar-refractivity contribution in [2.45, 2.75) is 6.42 Å². The summed E-state index contributed by atoms with van der Waals surface area (Å²) >= 11 is 11.6. The highest BCUT2D eigenvalue weighted by Gasteiger charge is 2.08. The molecule has 0 radical (unpaired) electrons. The first-order valence-electron chi connectivity index (χ1n) is 7.02. The lowest BCUT2D eigenvalue weighted by atomic mass is 10.3. The third-order valence-corrected chi connectivity index (χ3v) is 4.18. The monoisotopic (exact) mass is 361 g/mol. The second-order valence-electron chi connectivity index (χ2n) is 5.07. The van der Waals surface area contributed by atoms with Crippen LogP contribution < -0.4 is 17.0 Å². The van der Waals surface area contributed by atoms with Crippen LogP contribution in [0.4, 0.5) is 5.95 Å². The highest BCUT2D eigenvalue weighted by atomic mass is 35.5. The number of hydrazine groups is 1. The topological polar surface area (TPSA) is 85.8 Å². The van der Waals surface area contributed by atoms with E-state index in [1.807, 2.05) is 0 Å². The number of hydrogen-bond donors (Lipinski definition) is 2. The molecule has 24 heavy (non-hydrogen) atoms. The first kappa shape index (κ1) is 16.4. The Bertz CT molecular complexity index is 910. The Balaban J connectivity index is 0.000000198. The highest BCUT2D eigenvalue weighted by molar-refractivity contribution is 6.42. The number of hydrogen-bond acceptors (Lipinski definition) is 5. The lowest BCUT2D eigenvalue weighted by Gasteiger charge is -2.06. The lowest BCUT2D eigenvalue weighted by molar-refractivity contribution is 0.859. The molecule has 1 heterocycles. The zero-order chi connectivity index (χ0) is 17.1. The van der Waals surface area contributed by atoms with E-state index < -0.39 is 5.69 Å². The molecule has 0 amide bonds. The van der Waals surface area contributed by atoms with Gasteiger partial charge >= 0.3 is 5.69 Å². The van der Waals surface area contributed by atoms with Gasteiger partial charge in [0.15, 0.2) is 0 Å². The summed E-state index contributed by atoms with van der Waals surface area (Å²) in [6.07, 6.45) is 11.2. The normalized spacial score (nSPS) is 14.0. The number of nitrogens with zero attached hydrogens (tertiary/aromatic N) is 3. The summed E-state index contributed by atoms with van der Waals surface area (Å²) in [5.41, 5.74) is 5.12. The second-order valence-corrected chi connectivity index (χ2v) is 5.88. The number of halogens is 2. The van der Waals surface area contributed by atoms with Gasteiger partial charge in [0, 0.05) is 0 Å². The number of rotatable bonds is 2. The van der Waals surface area contributed by atoms with E-state index in [9.17, 15) is 4.79 Å². The minimum Gasteiger partial charge on any atom is -0.292 e. The molecule has 2 bridgehead atoms. The summed E-state index contributed by atoms with van der Waals surface area (Å²) in [6, 6.07) is 4.76. The third-order valence-electron chi connectivity index (χ3n) is 3.44. The van der Waals surface area contributed by atoms with Gasteiger partial charge in [-0.2, -0.15) is 4.98 Å². The van der Waals surface area contributed by atoms with Crippen LogP contribution in [0.1, 0.15) is 6.42 Å². The average Bonchev–Trinajstić information content (AvgIpc) is 3.23. The van der Waals surface area contributed by atoms with Crippen molar-refractivity contribution in [2.24, 2.45) is 5.84 Å². The maximum atomic E-state index is 11.6. The number of fused-ring (bicyclic) bond motifs is 2. The minimum absolute atomic E-state index is 0.0475. The van der Waals surface area contributed by atoms with Gasteiger partial charge in [0.25, 0.3) is 0 Å². The smallest absolute Gasteiger partial charge is 0.292 e. The fourth-order valence-electron chi connectivity index (χ4n) is 2.23. The van der Waals surface area contributed by atoms with Crippen LogP contribution in [0.2, 0.25) is 10.0 Å². The Morgan fingerprint density at radius 1 is 1.12 bits per heavy atom. The van der Waals surface area contributed by atoms with E-state index in [0.717, 1.165) is 0 Å². The largest absolute Gasteiger partial charge is 0.356 e. The van der Waals surface area contributed by atoms with Gasteiger partial charge in [-0.3, -0.25) is 9.99 Å². The second kappa shape index (κ2) is 7.00. The number of allylic oxidation sites excluding steroid dienone is 6. The van der Waals surface area contributed by atoms with Crippen molar-refractivity contribution in [1.29, 1.82) is 0 Å². The van der Waals surface area contributed by atoms with Crippen LogP contribution in [-0.2, 0) is 0 Å². The van der Waals surface area contributed by atoms with E-state index in [1.54, 1.807) is 18.2 Å². The fraction of sp³-hybridized carbons (Fsp3) is 0.0625. The van der Waals surface area contributed by atoms with Gasteiger partial charge in [-0.1, -0.05) is 47.5 Å². The maximum absolute atomic E-state index is 11.6. The van der Waals surface area contributed by atoms with E-state index in [0.29, 0.717) is 15.7 Å². The predicted octanol–water partition coefficient (Wildman–Crippen LogP) is 3.03. The van der Waals surface area contributed by atoms with Gasteiger partial charge in [0.2, 0.25) is 5.95 Å². The van der Waals surface area contributed by atoms with Crippen molar-refractivity contribution < 1.29 is 0 Å². The van der Waals surface area contributed by atoms with Crippen molar-refractivity contribution in [3.05, 3.63) is 80.5 Å². The summed E-state index contributed by atoms with van der Waals surface area (Å²) in [5.74, 6) is 5.14. The molecule has 8 heteroatoms. The molecule has 0 atom stereocenters. The fourth-order valence-corrected chi connectivity index (χ4v) is 2.52. The zero-order valence-electron chi connectivity index (χ0n) is 12.4. The summed E-state index contributed by atoms with van der Waals surface area (Å²) in [5, 5.41) is 0.752. The number of aromatic nitrogens is 3. The Hall–Kier alpha value is -2.41. The van der Waals surface area contributed by atoms with Crippen molar-refractivity contribution >= 4 is 29.2 Å². The first-order valence-corrected chi connectivity index (χ1v) is 7.78. The van der Waals surface area contributed by atoms with Crippen molar-refractivity contribution in [3.63, 3.8) is 0 Å². The van der Waals surface area contributed by atoms with E-state index in [4.69, 9.17) is 29.0 Å². The molecule has 0 saturated heterocycles. The lowest BCUT2D eigenvalue weighted by Crippen LogP contribution is -2.24. The highest BCUT2D eigenvalue weighted by Crippen LogP contribution is 2.27. The quantitative estimate of drug-likeness (QED) is 0.634. The Morgan fingerprint density at radius 2 is 1.83 bits per heavy atom. The van der Waals surface area contributed by atoms with Crippen LogP contribution in [-0.4, -0.2) is 14.5 Å². The van der Waals surface area contributed by atoms with Crippen LogP contribution in [0.3, 0.4) is 0 Å². The molecule has 2 aliphatic rings. The van der Waals surface area contributed by atoms with E-state index in [2.05, 4.69) is 39.7 Å². The SMILES string of the molecule is C1=CC2=CC=C1C2.NNc1ncn(-c2ccc(Cl)c(Cl)c2)c(=O)n1. The van der Waals surface area contributed by atoms with Gasteiger partial charge < -0.3 is 0 Å². The van der Waals surface area contributed by atoms with Crippen molar-refractivity contribution in [1.82, 2.24) is 14.5 Å². The number of benzene rings is 1. The van der Waals surface area contributed by atoms with Crippen molar-refractivity contribution in [2.75, 3.05) is 5.43 Å². The molecule has 6 nitrogen and oxygen atoms in total. The molecular formula is C16H13Cl2N5O. The van der Waals surface area contributed by atoms with Crippen LogP contribution in [0.25, 0.3) is 5.69 Å². The Morgan fingerprint density at radius 3 is 2.29 bits per heavy atom. The number of nitrogens with two attached hydrogens (primary N) is 1. The summed E-state index contributed by atoms with van der Waals surface area (Å²) in [4.78, 5) is 19.1. The van der Waals surface area contributed by atoms with Crippen LogP contribution >= 0.6 is 23.2 Å². The van der Waals surface area contributed by atoms with Gasteiger partial charge in [-0.25, -0.2) is 15.6 Å². The van der Waals surface area contributed by atoms with E-state index in [1.165, 1.54) is 28.5 Å². The maximum Gasteiger partial charge on any atom is 0.356 e. The van der Waals surface area contributed by atoms with E-state index in [-0.39, 0.29) is 5.95 Å². The Kier molecular flexibility index (Phi) is 4.80. The third kappa shape index (κ3) is 3.56. The Labute approximate surface area is 147 Å². The molecule has 0 saturated carbocycles. The van der Waals surface area contributed by atoms with Crippen LogP contribution in [0.15, 0.2) is 64.8 Å². The standard InChI is InChI=1S/C9H7Cl2N5O.C7H6/c10-6-2-1-5(3-7(6)11)16-4-13-8(15-12)14-9(16)17;1-2-7-4-3-6(1)5-7/h1-4H,12H2,(H,14,15,17);1-4H,5H2. The molecule has 1 aromatic heterocycles. The molecule has 1 aromatic carbocycles. The number of anilines is 1. The number of nitrogen functional groups attached to an aromatic ring is 1. The average molecular weight is 362 g/mol. The molecule has 4 rings (SSSR count). The molecule has 0 fully saturated rings. The molecule has 0 spiro atoms. The molecule has 2 aliphatic carbocycles. The minimum atomic E-state index is -0.522. The molecular weight excluding hydrogens is 349 g/mol. The molecule has 3 N–H and O–H groups in total. The number of nitrogens with one attached hydrogen (secondary N) is 1. The molecule has 0 aliphatic heterocycles. The summed E-state index contributed by atoms with van der Waals surface area (Å²) in [7, 11) is 0.